The first-order valence-electron chi connectivity index (χ1n) is 6.75. The second-order valence-corrected chi connectivity index (χ2v) is 6.10. The molecule has 0 bridgehead atoms. The molecule has 1 aliphatic heterocycles. The molecule has 0 saturated carbocycles. The van der Waals surface area contributed by atoms with Gasteiger partial charge in [0, 0.05) is 49.1 Å². The Morgan fingerprint density at radius 3 is 2.84 bits per heavy atom. The molecule has 0 aromatic heterocycles. The number of hydrogen-bond acceptors (Lipinski definition) is 5. The van der Waals surface area contributed by atoms with Gasteiger partial charge in [0.05, 0.1) is 6.10 Å². The van der Waals surface area contributed by atoms with E-state index in [9.17, 15) is 5.11 Å². The standard InChI is InChI=1S/C14H23N3OS/c1-11-8-12(15)2-3-14(11)19-10-13(18)9-17-6-4-16-5-7-17/h2-3,8,13,16,18H,4-7,9-10,15H2,1H3. The largest absolute Gasteiger partial charge is 0.399 e. The molecular weight excluding hydrogens is 258 g/mol. The van der Waals surface area contributed by atoms with Gasteiger partial charge in [0.25, 0.3) is 0 Å². The minimum absolute atomic E-state index is 0.278. The Labute approximate surface area is 119 Å². The SMILES string of the molecule is Cc1cc(N)ccc1SCC(O)CN1CCNCC1. The van der Waals surface area contributed by atoms with Crippen LogP contribution in [0.2, 0.25) is 0 Å². The maximum Gasteiger partial charge on any atom is 0.0760 e. The van der Waals surface area contributed by atoms with Crippen molar-refractivity contribution in [3.63, 3.8) is 0 Å². The molecule has 1 aliphatic rings. The molecule has 0 radical (unpaired) electrons. The maximum atomic E-state index is 10.1. The highest BCUT2D eigenvalue weighted by atomic mass is 32.2. The number of β-amino-alcohol motifs (C(OH)–C–C–N with tert-alkyl or cyclic N) is 1. The van der Waals surface area contributed by atoms with E-state index in [4.69, 9.17) is 5.73 Å². The Morgan fingerprint density at radius 1 is 1.42 bits per heavy atom. The number of anilines is 1. The second kappa shape index (κ2) is 7.14. The van der Waals surface area contributed by atoms with E-state index in [0.717, 1.165) is 44.2 Å². The lowest BCUT2D eigenvalue weighted by Gasteiger charge is -2.29. The van der Waals surface area contributed by atoms with E-state index in [-0.39, 0.29) is 6.10 Å². The molecule has 1 aromatic rings. The van der Waals surface area contributed by atoms with Gasteiger partial charge in [0.15, 0.2) is 0 Å². The minimum Gasteiger partial charge on any atom is -0.399 e. The number of benzene rings is 1. The molecule has 0 aliphatic carbocycles. The number of aliphatic hydroxyl groups is 1. The van der Waals surface area contributed by atoms with Crippen LogP contribution in [0.3, 0.4) is 0 Å². The van der Waals surface area contributed by atoms with Gasteiger partial charge in [-0.25, -0.2) is 0 Å². The normalized spacial score (nSPS) is 18.4. The van der Waals surface area contributed by atoms with Crippen molar-refractivity contribution in [3.05, 3.63) is 23.8 Å². The van der Waals surface area contributed by atoms with E-state index < -0.39 is 0 Å². The van der Waals surface area contributed by atoms with Gasteiger partial charge >= 0.3 is 0 Å². The van der Waals surface area contributed by atoms with Crippen molar-refractivity contribution in [1.82, 2.24) is 10.2 Å². The van der Waals surface area contributed by atoms with Crippen LogP contribution in [0.15, 0.2) is 23.1 Å². The molecule has 1 atom stereocenters. The quantitative estimate of drug-likeness (QED) is 0.554. The van der Waals surface area contributed by atoms with Gasteiger partial charge in [-0.3, -0.25) is 4.90 Å². The fraction of sp³-hybridized carbons (Fsp3) is 0.571. The summed E-state index contributed by atoms with van der Waals surface area (Å²) in [4.78, 5) is 3.52. The van der Waals surface area contributed by atoms with Crippen LogP contribution in [0.5, 0.6) is 0 Å². The predicted octanol–water partition coefficient (Wildman–Crippen LogP) is 0.935. The predicted molar refractivity (Wildman–Crippen MR) is 81.6 cm³/mol. The zero-order valence-corrected chi connectivity index (χ0v) is 12.2. The Kier molecular flexibility index (Phi) is 5.51. The lowest BCUT2D eigenvalue weighted by Crippen LogP contribution is -2.46. The van der Waals surface area contributed by atoms with E-state index in [2.05, 4.69) is 17.1 Å². The van der Waals surface area contributed by atoms with Crippen LogP contribution in [0.1, 0.15) is 5.56 Å². The summed E-state index contributed by atoms with van der Waals surface area (Å²) in [6.07, 6.45) is -0.278. The molecular formula is C14H23N3OS. The molecule has 1 aromatic carbocycles. The molecule has 1 unspecified atom stereocenters. The van der Waals surface area contributed by atoms with Gasteiger partial charge < -0.3 is 16.2 Å². The number of hydrogen-bond donors (Lipinski definition) is 3. The van der Waals surface area contributed by atoms with Gasteiger partial charge in [-0.2, -0.15) is 0 Å². The van der Waals surface area contributed by atoms with E-state index in [1.807, 2.05) is 18.2 Å². The van der Waals surface area contributed by atoms with Crippen LogP contribution in [-0.4, -0.2) is 54.6 Å². The Bertz CT molecular complexity index is 408. The fourth-order valence-electron chi connectivity index (χ4n) is 2.26. The maximum absolute atomic E-state index is 10.1. The van der Waals surface area contributed by atoms with Crippen LogP contribution in [0, 0.1) is 6.92 Å². The summed E-state index contributed by atoms with van der Waals surface area (Å²) < 4.78 is 0. The number of aryl methyl sites for hydroxylation is 1. The Morgan fingerprint density at radius 2 is 2.16 bits per heavy atom. The van der Waals surface area contributed by atoms with Gasteiger partial charge in [-0.05, 0) is 30.7 Å². The number of nitrogens with two attached hydrogens (primary N) is 1. The first-order chi connectivity index (χ1) is 9.15. The molecule has 5 heteroatoms. The number of thioether (sulfide) groups is 1. The average molecular weight is 281 g/mol. The first kappa shape index (κ1) is 14.7. The van der Waals surface area contributed by atoms with E-state index in [1.165, 1.54) is 10.5 Å². The molecule has 0 amide bonds. The second-order valence-electron chi connectivity index (χ2n) is 5.04. The Hall–Kier alpha value is -0.750. The lowest BCUT2D eigenvalue weighted by atomic mass is 10.2. The topological polar surface area (TPSA) is 61.5 Å². The summed E-state index contributed by atoms with van der Waals surface area (Å²) in [7, 11) is 0. The number of aliphatic hydroxyl groups excluding tert-OH is 1. The summed E-state index contributed by atoms with van der Waals surface area (Å²) in [5.41, 5.74) is 7.71. The number of nitrogens with one attached hydrogen (secondary N) is 1. The number of rotatable bonds is 5. The highest BCUT2D eigenvalue weighted by molar-refractivity contribution is 7.99. The van der Waals surface area contributed by atoms with E-state index >= 15 is 0 Å². The summed E-state index contributed by atoms with van der Waals surface area (Å²) >= 11 is 1.70. The molecule has 0 spiro atoms. The highest BCUT2D eigenvalue weighted by Gasteiger charge is 2.14. The Balaban J connectivity index is 1.77. The molecule has 1 fully saturated rings. The van der Waals surface area contributed by atoms with Crippen molar-refractivity contribution >= 4 is 17.4 Å². The lowest BCUT2D eigenvalue weighted by molar-refractivity contribution is 0.121. The van der Waals surface area contributed by atoms with Crippen LogP contribution in [-0.2, 0) is 0 Å². The third-order valence-corrected chi connectivity index (χ3v) is 4.63. The number of nitrogen functional groups attached to an aromatic ring is 1. The fourth-order valence-corrected chi connectivity index (χ4v) is 3.19. The first-order valence-corrected chi connectivity index (χ1v) is 7.74. The van der Waals surface area contributed by atoms with E-state index in [0.29, 0.717) is 0 Å². The molecule has 106 valence electrons. The third-order valence-electron chi connectivity index (χ3n) is 3.31. The van der Waals surface area contributed by atoms with Crippen molar-refractivity contribution < 1.29 is 5.11 Å². The van der Waals surface area contributed by atoms with E-state index in [1.54, 1.807) is 11.8 Å². The smallest absolute Gasteiger partial charge is 0.0760 e. The van der Waals surface area contributed by atoms with Crippen molar-refractivity contribution in [2.45, 2.75) is 17.9 Å². The minimum atomic E-state index is -0.278. The monoisotopic (exact) mass is 281 g/mol. The summed E-state index contributed by atoms with van der Waals surface area (Å²) in [6.45, 7) is 6.93. The summed E-state index contributed by atoms with van der Waals surface area (Å²) in [5, 5.41) is 13.4. The molecule has 19 heavy (non-hydrogen) atoms. The number of piperazine rings is 1. The summed E-state index contributed by atoms with van der Waals surface area (Å²) in [6, 6.07) is 5.93. The highest BCUT2D eigenvalue weighted by Crippen LogP contribution is 2.24. The zero-order valence-electron chi connectivity index (χ0n) is 11.4. The molecule has 4 N–H and O–H groups in total. The van der Waals surface area contributed by atoms with Crippen LogP contribution >= 0.6 is 11.8 Å². The van der Waals surface area contributed by atoms with Crippen LogP contribution in [0.4, 0.5) is 5.69 Å². The molecule has 1 saturated heterocycles. The van der Waals surface area contributed by atoms with Gasteiger partial charge in [-0.15, -0.1) is 11.8 Å². The van der Waals surface area contributed by atoms with Gasteiger partial charge in [-0.1, -0.05) is 0 Å². The number of nitrogens with zero attached hydrogens (tertiary/aromatic N) is 1. The third kappa shape index (κ3) is 4.69. The van der Waals surface area contributed by atoms with Gasteiger partial charge in [0.2, 0.25) is 0 Å². The molecule has 2 rings (SSSR count). The zero-order chi connectivity index (χ0) is 13.7. The van der Waals surface area contributed by atoms with Crippen LogP contribution in [0.25, 0.3) is 0 Å². The van der Waals surface area contributed by atoms with Gasteiger partial charge in [0.1, 0.15) is 0 Å². The van der Waals surface area contributed by atoms with Crippen molar-refractivity contribution in [1.29, 1.82) is 0 Å². The van der Waals surface area contributed by atoms with Crippen LogP contribution < -0.4 is 11.1 Å². The van der Waals surface area contributed by atoms with Crippen molar-refractivity contribution in [3.8, 4) is 0 Å². The van der Waals surface area contributed by atoms with Crippen molar-refractivity contribution in [2.75, 3.05) is 44.2 Å². The van der Waals surface area contributed by atoms with Crippen molar-refractivity contribution in [2.24, 2.45) is 0 Å². The average Bonchev–Trinajstić information content (AvgIpc) is 2.39. The molecule has 1 heterocycles. The summed E-state index contributed by atoms with van der Waals surface area (Å²) in [5.74, 6) is 0.731. The molecule has 4 nitrogen and oxygen atoms in total.